The van der Waals surface area contributed by atoms with E-state index in [4.69, 9.17) is 9.47 Å². The molecule has 2 rings (SSSR count). The van der Waals surface area contributed by atoms with Crippen molar-refractivity contribution in [2.75, 3.05) is 19.0 Å². The smallest absolute Gasteiger partial charge is 0.255 e. The Morgan fingerprint density at radius 2 is 2.00 bits per heavy atom. The molecule has 4 heteroatoms. The lowest BCUT2D eigenvalue weighted by atomic mass is 10.1. The van der Waals surface area contributed by atoms with Crippen molar-refractivity contribution in [3.05, 3.63) is 59.2 Å². The second-order valence-corrected chi connectivity index (χ2v) is 4.99. The molecule has 116 valence electrons. The minimum absolute atomic E-state index is 0.147. The molecule has 1 amide bonds. The Kier molecular flexibility index (Phi) is 5.55. The maximum atomic E-state index is 12.4. The predicted molar refractivity (Wildman–Crippen MR) is 87.5 cm³/mol. The molecular weight excluding hydrogens is 278 g/mol. The van der Waals surface area contributed by atoms with Gasteiger partial charge in [-0.3, -0.25) is 4.79 Å². The van der Waals surface area contributed by atoms with Crippen LogP contribution in [-0.2, 0) is 11.3 Å². The van der Waals surface area contributed by atoms with Crippen molar-refractivity contribution in [3.63, 3.8) is 0 Å². The summed E-state index contributed by atoms with van der Waals surface area (Å²) in [6.45, 7) is 4.96. The lowest BCUT2D eigenvalue weighted by Gasteiger charge is -2.11. The monoisotopic (exact) mass is 299 g/mol. The average Bonchev–Trinajstić information content (AvgIpc) is 2.52. The summed E-state index contributed by atoms with van der Waals surface area (Å²) in [6.07, 6.45) is 0. The van der Waals surface area contributed by atoms with Gasteiger partial charge >= 0.3 is 0 Å². The van der Waals surface area contributed by atoms with Crippen LogP contribution in [0.1, 0.15) is 28.4 Å². The summed E-state index contributed by atoms with van der Waals surface area (Å²) in [5, 5.41) is 2.90. The summed E-state index contributed by atoms with van der Waals surface area (Å²) >= 11 is 0. The number of benzene rings is 2. The summed E-state index contributed by atoms with van der Waals surface area (Å²) in [5.41, 5.74) is 3.33. The van der Waals surface area contributed by atoms with Crippen molar-refractivity contribution in [2.24, 2.45) is 0 Å². The van der Waals surface area contributed by atoms with Crippen molar-refractivity contribution in [1.29, 1.82) is 0 Å². The Morgan fingerprint density at radius 1 is 1.18 bits per heavy atom. The number of nitrogens with one attached hydrogen (secondary N) is 1. The van der Waals surface area contributed by atoms with Crippen LogP contribution in [0.25, 0.3) is 0 Å². The number of methoxy groups -OCH3 is 1. The molecule has 0 aromatic heterocycles. The SMILES string of the molecule is CCOCc1cc(C(=O)Nc2cccc(C)c2)ccc1OC. The number of hydrogen-bond acceptors (Lipinski definition) is 3. The van der Waals surface area contributed by atoms with Gasteiger partial charge in [0.25, 0.3) is 5.91 Å². The minimum Gasteiger partial charge on any atom is -0.496 e. The number of anilines is 1. The summed E-state index contributed by atoms with van der Waals surface area (Å²) in [7, 11) is 1.61. The molecule has 0 aliphatic rings. The summed E-state index contributed by atoms with van der Waals surface area (Å²) in [6, 6.07) is 13.1. The molecule has 0 fully saturated rings. The van der Waals surface area contributed by atoms with Gasteiger partial charge in [-0.2, -0.15) is 0 Å². The largest absolute Gasteiger partial charge is 0.496 e. The van der Waals surface area contributed by atoms with Crippen LogP contribution in [0, 0.1) is 6.92 Å². The van der Waals surface area contributed by atoms with Crippen LogP contribution in [-0.4, -0.2) is 19.6 Å². The topological polar surface area (TPSA) is 47.6 Å². The van der Waals surface area contributed by atoms with Crippen LogP contribution in [0.3, 0.4) is 0 Å². The Bertz CT molecular complexity index is 653. The fraction of sp³-hybridized carbons (Fsp3) is 0.278. The zero-order valence-corrected chi connectivity index (χ0v) is 13.2. The number of carbonyl (C=O) groups is 1. The van der Waals surface area contributed by atoms with Crippen LogP contribution in [0.5, 0.6) is 5.75 Å². The van der Waals surface area contributed by atoms with E-state index in [2.05, 4.69) is 5.32 Å². The number of amides is 1. The second-order valence-electron chi connectivity index (χ2n) is 4.99. The third kappa shape index (κ3) is 4.09. The van der Waals surface area contributed by atoms with Gasteiger partial charge in [0, 0.05) is 23.4 Å². The van der Waals surface area contributed by atoms with Gasteiger partial charge in [-0.1, -0.05) is 12.1 Å². The van der Waals surface area contributed by atoms with E-state index in [0.29, 0.717) is 18.8 Å². The molecule has 0 saturated heterocycles. The molecule has 0 spiro atoms. The van der Waals surface area contributed by atoms with Crippen LogP contribution in [0.2, 0.25) is 0 Å². The van der Waals surface area contributed by atoms with Crippen molar-refractivity contribution in [2.45, 2.75) is 20.5 Å². The second kappa shape index (κ2) is 7.61. The summed E-state index contributed by atoms with van der Waals surface area (Å²) < 4.78 is 10.7. The van der Waals surface area contributed by atoms with Gasteiger partial charge in [0.2, 0.25) is 0 Å². The standard InChI is InChI=1S/C18H21NO3/c1-4-22-12-15-11-14(8-9-17(15)21-3)18(20)19-16-7-5-6-13(2)10-16/h5-11H,4,12H2,1-3H3,(H,19,20). The van der Waals surface area contributed by atoms with Crippen molar-refractivity contribution in [1.82, 2.24) is 0 Å². The molecule has 0 radical (unpaired) electrons. The van der Waals surface area contributed by atoms with E-state index in [1.165, 1.54) is 0 Å². The third-order valence-corrected chi connectivity index (χ3v) is 3.28. The summed E-state index contributed by atoms with van der Waals surface area (Å²) in [5.74, 6) is 0.576. The van der Waals surface area contributed by atoms with Crippen LogP contribution in [0.4, 0.5) is 5.69 Å². The lowest BCUT2D eigenvalue weighted by molar-refractivity contribution is 0.102. The number of rotatable bonds is 6. The van der Waals surface area contributed by atoms with E-state index >= 15 is 0 Å². The van der Waals surface area contributed by atoms with Gasteiger partial charge in [-0.05, 0) is 49.7 Å². The highest BCUT2D eigenvalue weighted by Gasteiger charge is 2.11. The third-order valence-electron chi connectivity index (χ3n) is 3.28. The molecule has 0 heterocycles. The zero-order chi connectivity index (χ0) is 15.9. The van der Waals surface area contributed by atoms with E-state index in [1.807, 2.05) is 38.1 Å². The van der Waals surface area contributed by atoms with Crippen LogP contribution >= 0.6 is 0 Å². The van der Waals surface area contributed by atoms with Gasteiger partial charge in [0.05, 0.1) is 13.7 Å². The number of carbonyl (C=O) groups excluding carboxylic acids is 1. The molecule has 4 nitrogen and oxygen atoms in total. The van der Waals surface area contributed by atoms with Gasteiger partial charge in [-0.15, -0.1) is 0 Å². The van der Waals surface area contributed by atoms with E-state index in [9.17, 15) is 4.79 Å². The number of hydrogen-bond donors (Lipinski definition) is 1. The van der Waals surface area contributed by atoms with Crippen LogP contribution in [0.15, 0.2) is 42.5 Å². The molecular formula is C18H21NO3. The van der Waals surface area contributed by atoms with E-state index in [-0.39, 0.29) is 5.91 Å². The summed E-state index contributed by atoms with van der Waals surface area (Å²) in [4.78, 5) is 12.4. The van der Waals surface area contributed by atoms with Crippen molar-refractivity contribution < 1.29 is 14.3 Å². The molecule has 22 heavy (non-hydrogen) atoms. The molecule has 0 aliphatic carbocycles. The zero-order valence-electron chi connectivity index (χ0n) is 13.2. The van der Waals surface area contributed by atoms with E-state index in [0.717, 1.165) is 22.6 Å². The Balaban J connectivity index is 2.18. The minimum atomic E-state index is -0.147. The predicted octanol–water partition coefficient (Wildman–Crippen LogP) is 3.79. The van der Waals surface area contributed by atoms with E-state index in [1.54, 1.807) is 25.3 Å². The fourth-order valence-electron chi connectivity index (χ4n) is 2.17. The highest BCUT2D eigenvalue weighted by molar-refractivity contribution is 6.04. The number of ether oxygens (including phenoxy) is 2. The normalized spacial score (nSPS) is 10.3. The first-order chi connectivity index (χ1) is 10.6. The maximum absolute atomic E-state index is 12.4. The molecule has 0 atom stereocenters. The van der Waals surface area contributed by atoms with Gasteiger partial charge in [0.15, 0.2) is 0 Å². The van der Waals surface area contributed by atoms with Gasteiger partial charge in [0.1, 0.15) is 5.75 Å². The van der Waals surface area contributed by atoms with Crippen molar-refractivity contribution in [3.8, 4) is 5.75 Å². The van der Waals surface area contributed by atoms with Crippen molar-refractivity contribution >= 4 is 11.6 Å². The molecule has 2 aromatic carbocycles. The highest BCUT2D eigenvalue weighted by Crippen LogP contribution is 2.21. The molecule has 0 aliphatic heterocycles. The van der Waals surface area contributed by atoms with E-state index < -0.39 is 0 Å². The first-order valence-electron chi connectivity index (χ1n) is 7.26. The maximum Gasteiger partial charge on any atom is 0.255 e. The van der Waals surface area contributed by atoms with Gasteiger partial charge in [-0.25, -0.2) is 0 Å². The Morgan fingerprint density at radius 3 is 2.68 bits per heavy atom. The fourth-order valence-corrected chi connectivity index (χ4v) is 2.17. The highest BCUT2D eigenvalue weighted by atomic mass is 16.5. The first kappa shape index (κ1) is 16.0. The molecule has 0 unspecified atom stereocenters. The first-order valence-corrected chi connectivity index (χ1v) is 7.26. The number of aryl methyl sites for hydroxylation is 1. The molecule has 2 aromatic rings. The van der Waals surface area contributed by atoms with Gasteiger partial charge < -0.3 is 14.8 Å². The molecule has 0 saturated carbocycles. The molecule has 1 N–H and O–H groups in total. The lowest BCUT2D eigenvalue weighted by Crippen LogP contribution is -2.12. The molecule has 0 bridgehead atoms. The van der Waals surface area contributed by atoms with Crippen LogP contribution < -0.4 is 10.1 Å². The quantitative estimate of drug-likeness (QED) is 0.882. The average molecular weight is 299 g/mol. The Hall–Kier alpha value is -2.33. The Labute approximate surface area is 131 Å².